The number of rotatable bonds is 10. The number of methoxy groups -OCH3 is 2. The van der Waals surface area contributed by atoms with Crippen molar-refractivity contribution >= 4 is 28.3 Å². The van der Waals surface area contributed by atoms with Crippen LogP contribution in [-0.2, 0) is 23.0 Å². The number of aryl methyl sites for hydroxylation is 1. The number of nitrogens with zero attached hydrogens (tertiary/aromatic N) is 5. The highest BCUT2D eigenvalue weighted by Crippen LogP contribution is 2.38. The molecule has 1 unspecified atom stereocenters. The maximum Gasteiger partial charge on any atom is 0.252 e. The van der Waals surface area contributed by atoms with E-state index in [4.69, 9.17) is 25.5 Å². The van der Waals surface area contributed by atoms with Gasteiger partial charge in [-0.25, -0.2) is 0 Å². The third-order valence-corrected chi connectivity index (χ3v) is 6.73. The number of carbonyl (C=O) groups excluding carboxylic acids is 1. The number of carbonyl (C=O) groups is 1. The number of Topliss-reactive ketones (excluding diaryl/α,β-unsaturated/α-hetero) is 1. The van der Waals surface area contributed by atoms with Crippen LogP contribution in [0.1, 0.15) is 18.0 Å². The quantitative estimate of drug-likeness (QED) is 0.251. The Bertz CT molecular complexity index is 1690. The number of ketones is 1. The molecule has 10 nitrogen and oxygen atoms in total. The zero-order chi connectivity index (χ0) is 27.5. The first-order chi connectivity index (χ1) is 18.9. The molecule has 11 heteroatoms. The molecule has 0 fully saturated rings. The van der Waals surface area contributed by atoms with Crippen molar-refractivity contribution in [3.63, 3.8) is 0 Å². The maximum atomic E-state index is 13.6. The van der Waals surface area contributed by atoms with E-state index >= 15 is 0 Å². The molecule has 1 atom stereocenters. The van der Waals surface area contributed by atoms with E-state index in [9.17, 15) is 9.59 Å². The summed E-state index contributed by atoms with van der Waals surface area (Å²) < 4.78 is 19.5. The van der Waals surface area contributed by atoms with Crippen LogP contribution in [0.4, 0.5) is 0 Å². The molecular weight excluding hydrogens is 522 g/mol. The number of ether oxygens (including phenoxy) is 2. The standard InChI is InChI=1S/C28H26ClN5O5/c1-33-14-18-10-17(4-7-23(18)32-33)11-25(35)24(8-9-37-2)34-15-26(38-3)22(13-27(34)36)21-12-19(29)5-6-20(21)28-31-30-16-39-28/h4-7,10,12-16,24H,8-9,11H2,1-3H3. The minimum absolute atomic E-state index is 0.124. The molecule has 2 aromatic carbocycles. The summed E-state index contributed by atoms with van der Waals surface area (Å²) >= 11 is 6.30. The molecule has 3 aromatic heterocycles. The van der Waals surface area contributed by atoms with Gasteiger partial charge in [-0.05, 0) is 47.9 Å². The highest BCUT2D eigenvalue weighted by atomic mass is 35.5. The number of aromatic nitrogens is 5. The lowest BCUT2D eigenvalue weighted by Crippen LogP contribution is -2.31. The Balaban J connectivity index is 1.54. The molecule has 0 aliphatic carbocycles. The first-order valence-electron chi connectivity index (χ1n) is 12.2. The smallest absolute Gasteiger partial charge is 0.252 e. The van der Waals surface area contributed by atoms with Crippen molar-refractivity contribution in [2.24, 2.45) is 7.05 Å². The third kappa shape index (κ3) is 5.47. The Morgan fingerprint density at radius 2 is 1.92 bits per heavy atom. The molecule has 0 saturated carbocycles. The molecule has 0 amide bonds. The fourth-order valence-corrected chi connectivity index (χ4v) is 4.85. The second-order valence-electron chi connectivity index (χ2n) is 9.07. The van der Waals surface area contributed by atoms with E-state index in [1.165, 1.54) is 24.1 Å². The van der Waals surface area contributed by atoms with E-state index in [2.05, 4.69) is 15.3 Å². The van der Waals surface area contributed by atoms with E-state index in [1.54, 1.807) is 36.2 Å². The van der Waals surface area contributed by atoms with Gasteiger partial charge < -0.3 is 18.5 Å². The number of pyridine rings is 1. The summed E-state index contributed by atoms with van der Waals surface area (Å²) in [5.41, 5.74) is 2.96. The molecule has 0 aliphatic heterocycles. The number of hydrogen-bond acceptors (Lipinski definition) is 8. The highest BCUT2D eigenvalue weighted by molar-refractivity contribution is 6.31. The Morgan fingerprint density at radius 3 is 2.67 bits per heavy atom. The topological polar surface area (TPSA) is 114 Å². The van der Waals surface area contributed by atoms with Crippen molar-refractivity contribution in [3.8, 4) is 28.3 Å². The Kier molecular flexibility index (Phi) is 7.58. The van der Waals surface area contributed by atoms with Crippen LogP contribution in [-0.4, -0.2) is 51.2 Å². The first kappa shape index (κ1) is 26.3. The highest BCUT2D eigenvalue weighted by Gasteiger charge is 2.25. The van der Waals surface area contributed by atoms with Crippen molar-refractivity contribution in [2.75, 3.05) is 20.8 Å². The Hall–Kier alpha value is -4.28. The largest absolute Gasteiger partial charge is 0.495 e. The summed E-state index contributed by atoms with van der Waals surface area (Å²) in [5, 5.41) is 13.5. The van der Waals surface area contributed by atoms with Gasteiger partial charge in [0.05, 0.1) is 24.9 Å². The molecule has 3 heterocycles. The normalized spacial score (nSPS) is 12.1. The second-order valence-corrected chi connectivity index (χ2v) is 9.51. The molecular formula is C28H26ClN5O5. The van der Waals surface area contributed by atoms with Crippen molar-refractivity contribution < 1.29 is 18.7 Å². The van der Waals surface area contributed by atoms with Gasteiger partial charge in [0, 0.05) is 61.0 Å². The Morgan fingerprint density at radius 1 is 1.08 bits per heavy atom. The molecule has 0 spiro atoms. The van der Waals surface area contributed by atoms with E-state index in [1.807, 2.05) is 31.4 Å². The van der Waals surface area contributed by atoms with Crippen LogP contribution in [0.2, 0.25) is 5.02 Å². The number of halogens is 1. The third-order valence-electron chi connectivity index (χ3n) is 6.49. The molecule has 0 bridgehead atoms. The summed E-state index contributed by atoms with van der Waals surface area (Å²) in [6.45, 7) is 0.296. The van der Waals surface area contributed by atoms with Gasteiger partial charge in [-0.15, -0.1) is 10.2 Å². The fourth-order valence-electron chi connectivity index (χ4n) is 4.67. The maximum absolute atomic E-state index is 13.6. The van der Waals surface area contributed by atoms with Crippen LogP contribution in [0.5, 0.6) is 5.75 Å². The van der Waals surface area contributed by atoms with Gasteiger partial charge in [0.2, 0.25) is 12.3 Å². The fraction of sp³-hybridized carbons (Fsp3) is 0.250. The van der Waals surface area contributed by atoms with Gasteiger partial charge in [-0.1, -0.05) is 17.7 Å². The molecule has 0 radical (unpaired) electrons. The lowest BCUT2D eigenvalue weighted by atomic mass is 9.98. The predicted molar refractivity (Wildman–Crippen MR) is 146 cm³/mol. The monoisotopic (exact) mass is 547 g/mol. The summed E-state index contributed by atoms with van der Waals surface area (Å²) in [6.07, 6.45) is 5.14. The average Bonchev–Trinajstić information content (AvgIpc) is 3.58. The zero-order valence-electron chi connectivity index (χ0n) is 21.6. The molecule has 5 aromatic rings. The summed E-state index contributed by atoms with van der Waals surface area (Å²) in [5.74, 6) is 0.526. The van der Waals surface area contributed by atoms with Crippen LogP contribution < -0.4 is 10.3 Å². The Labute approximate surface area is 228 Å². The first-order valence-corrected chi connectivity index (χ1v) is 12.6. The molecule has 39 heavy (non-hydrogen) atoms. The molecule has 5 rings (SSSR count). The molecule has 0 saturated heterocycles. The van der Waals surface area contributed by atoms with Crippen molar-refractivity contribution in [1.82, 2.24) is 24.5 Å². The van der Waals surface area contributed by atoms with Crippen molar-refractivity contribution in [2.45, 2.75) is 18.9 Å². The predicted octanol–water partition coefficient (Wildman–Crippen LogP) is 4.50. The minimum Gasteiger partial charge on any atom is -0.495 e. The van der Waals surface area contributed by atoms with Crippen LogP contribution in [0, 0.1) is 0 Å². The van der Waals surface area contributed by atoms with Crippen LogP contribution in [0.15, 0.2) is 70.5 Å². The minimum atomic E-state index is -0.764. The zero-order valence-corrected chi connectivity index (χ0v) is 22.4. The molecule has 0 aliphatic rings. The summed E-state index contributed by atoms with van der Waals surface area (Å²) in [6, 6.07) is 11.5. The summed E-state index contributed by atoms with van der Waals surface area (Å²) in [7, 11) is 4.91. The van der Waals surface area contributed by atoms with Gasteiger partial charge >= 0.3 is 0 Å². The van der Waals surface area contributed by atoms with Gasteiger partial charge in [0.15, 0.2) is 5.78 Å². The molecule has 200 valence electrons. The van der Waals surface area contributed by atoms with Gasteiger partial charge in [-0.2, -0.15) is 5.10 Å². The van der Waals surface area contributed by atoms with E-state index < -0.39 is 6.04 Å². The SMILES string of the molecule is COCCC(C(=O)Cc1ccc2nn(C)cc2c1)n1cc(OC)c(-c2cc(Cl)ccc2-c2nnco2)cc1=O. The summed E-state index contributed by atoms with van der Waals surface area (Å²) in [4.78, 5) is 27.1. The van der Waals surface area contributed by atoms with E-state index in [-0.39, 0.29) is 23.7 Å². The average molecular weight is 548 g/mol. The van der Waals surface area contributed by atoms with Gasteiger partial charge in [-0.3, -0.25) is 14.3 Å². The molecule has 0 N–H and O–H groups in total. The van der Waals surface area contributed by atoms with Gasteiger partial charge in [0.1, 0.15) is 5.75 Å². The van der Waals surface area contributed by atoms with Crippen LogP contribution in [0.25, 0.3) is 33.5 Å². The van der Waals surface area contributed by atoms with Crippen LogP contribution >= 0.6 is 11.6 Å². The van der Waals surface area contributed by atoms with E-state index in [0.29, 0.717) is 40.5 Å². The van der Waals surface area contributed by atoms with E-state index in [0.717, 1.165) is 16.5 Å². The number of fused-ring (bicyclic) bond motifs is 1. The second kappa shape index (κ2) is 11.2. The lowest BCUT2D eigenvalue weighted by Gasteiger charge is -2.21. The number of benzene rings is 2. The van der Waals surface area contributed by atoms with Gasteiger partial charge in [0.25, 0.3) is 5.56 Å². The van der Waals surface area contributed by atoms with Crippen molar-refractivity contribution in [1.29, 1.82) is 0 Å². The van der Waals surface area contributed by atoms with Crippen molar-refractivity contribution in [3.05, 3.63) is 82.2 Å². The number of hydrogen-bond donors (Lipinski definition) is 0. The van der Waals surface area contributed by atoms with Crippen LogP contribution in [0.3, 0.4) is 0 Å². The lowest BCUT2D eigenvalue weighted by molar-refractivity contribution is -0.122.